The van der Waals surface area contributed by atoms with Gasteiger partial charge in [0.25, 0.3) is 0 Å². The van der Waals surface area contributed by atoms with Crippen molar-refractivity contribution in [1.29, 1.82) is 0 Å². The summed E-state index contributed by atoms with van der Waals surface area (Å²) in [5.74, 6) is 0. The summed E-state index contributed by atoms with van der Waals surface area (Å²) in [5, 5.41) is 3.63. The maximum atomic E-state index is 5.23. The van der Waals surface area contributed by atoms with Gasteiger partial charge in [-0.3, -0.25) is 4.90 Å². The lowest BCUT2D eigenvalue weighted by atomic mass is 9.86. The van der Waals surface area contributed by atoms with Crippen molar-refractivity contribution in [1.82, 2.24) is 10.2 Å². The minimum absolute atomic E-state index is 0.287. The number of rotatable bonds is 9. The van der Waals surface area contributed by atoms with Gasteiger partial charge in [-0.25, -0.2) is 0 Å². The quantitative estimate of drug-likeness (QED) is 0.688. The Kier molecular flexibility index (Phi) is 8.83. The second-order valence-electron chi connectivity index (χ2n) is 6.22. The van der Waals surface area contributed by atoms with E-state index in [9.17, 15) is 0 Å². The van der Waals surface area contributed by atoms with Crippen LogP contribution in [0.25, 0.3) is 0 Å². The first kappa shape index (κ1) is 17.9. The van der Waals surface area contributed by atoms with E-state index < -0.39 is 0 Å². The fourth-order valence-corrected chi connectivity index (χ4v) is 2.08. The predicted molar refractivity (Wildman–Crippen MR) is 80.1 cm³/mol. The normalized spacial score (nSPS) is 16.0. The smallest absolute Gasteiger partial charge is 0.0589 e. The van der Waals surface area contributed by atoms with Crippen molar-refractivity contribution in [3.8, 4) is 0 Å². The third kappa shape index (κ3) is 6.72. The molecule has 0 aliphatic carbocycles. The van der Waals surface area contributed by atoms with E-state index in [1.54, 1.807) is 7.11 Å². The van der Waals surface area contributed by atoms with Gasteiger partial charge in [-0.05, 0) is 25.3 Å². The molecule has 1 N–H and O–H groups in total. The van der Waals surface area contributed by atoms with Crippen LogP contribution in [0.1, 0.15) is 48.0 Å². The monoisotopic (exact) mass is 258 g/mol. The first-order valence-corrected chi connectivity index (χ1v) is 7.33. The molecular weight excluding hydrogens is 224 g/mol. The van der Waals surface area contributed by atoms with E-state index in [-0.39, 0.29) is 5.41 Å². The van der Waals surface area contributed by atoms with Crippen LogP contribution >= 0.6 is 0 Å². The molecule has 0 saturated heterocycles. The zero-order valence-electron chi connectivity index (χ0n) is 13.5. The molecule has 0 saturated carbocycles. The van der Waals surface area contributed by atoms with Crippen molar-refractivity contribution in [2.45, 2.75) is 60.0 Å². The third-order valence-corrected chi connectivity index (χ3v) is 3.71. The Labute approximate surface area is 114 Å². The highest BCUT2D eigenvalue weighted by molar-refractivity contribution is 4.84. The summed E-state index contributed by atoms with van der Waals surface area (Å²) in [5.41, 5.74) is 0.287. The Hall–Kier alpha value is -0.120. The zero-order valence-corrected chi connectivity index (χ0v) is 13.5. The van der Waals surface area contributed by atoms with Crippen LogP contribution in [0.15, 0.2) is 0 Å². The predicted octanol–water partition coefficient (Wildman–Crippen LogP) is 2.76. The molecule has 0 amide bonds. The summed E-state index contributed by atoms with van der Waals surface area (Å²) < 4.78 is 5.23. The molecule has 0 aromatic rings. The molecule has 0 radical (unpaired) electrons. The van der Waals surface area contributed by atoms with E-state index in [1.165, 1.54) is 6.42 Å². The second kappa shape index (κ2) is 8.89. The number of ether oxygens (including phenoxy) is 1. The Morgan fingerprint density at radius 2 is 1.83 bits per heavy atom. The summed E-state index contributed by atoms with van der Waals surface area (Å²) in [6, 6.07) is 1.14. The van der Waals surface area contributed by atoms with Crippen LogP contribution in [0.3, 0.4) is 0 Å². The highest BCUT2D eigenvalue weighted by atomic mass is 16.5. The molecule has 3 nitrogen and oxygen atoms in total. The molecule has 0 rings (SSSR count). The third-order valence-electron chi connectivity index (χ3n) is 3.71. The standard InChI is InChI=1S/C15H34N2O/c1-8-13(3)17(10-11-18-7)12-14(16-9-2)15(4,5)6/h13-14,16H,8-12H2,1-7H3. The number of hydrogen-bond donors (Lipinski definition) is 1. The van der Waals surface area contributed by atoms with E-state index >= 15 is 0 Å². The Morgan fingerprint density at radius 3 is 2.22 bits per heavy atom. The van der Waals surface area contributed by atoms with Gasteiger partial charge in [-0.1, -0.05) is 34.6 Å². The molecule has 0 fully saturated rings. The van der Waals surface area contributed by atoms with Crippen LogP contribution in [0.2, 0.25) is 0 Å². The molecule has 2 atom stereocenters. The molecule has 110 valence electrons. The minimum atomic E-state index is 0.287. The maximum absolute atomic E-state index is 5.23. The lowest BCUT2D eigenvalue weighted by Gasteiger charge is -2.38. The van der Waals surface area contributed by atoms with E-state index in [1.807, 2.05) is 0 Å². The van der Waals surface area contributed by atoms with Crippen LogP contribution in [0.4, 0.5) is 0 Å². The van der Waals surface area contributed by atoms with Gasteiger partial charge in [0.05, 0.1) is 6.61 Å². The fraction of sp³-hybridized carbons (Fsp3) is 1.00. The molecule has 2 unspecified atom stereocenters. The maximum Gasteiger partial charge on any atom is 0.0589 e. The van der Waals surface area contributed by atoms with E-state index in [0.717, 1.165) is 26.2 Å². The lowest BCUT2D eigenvalue weighted by Crippen LogP contribution is -2.51. The molecule has 0 aliphatic heterocycles. The summed E-state index contributed by atoms with van der Waals surface area (Å²) in [6.45, 7) is 17.6. The van der Waals surface area contributed by atoms with E-state index in [4.69, 9.17) is 4.74 Å². The molecule has 0 aromatic carbocycles. The van der Waals surface area contributed by atoms with Crippen LogP contribution in [0, 0.1) is 5.41 Å². The molecular formula is C15H34N2O. The molecule has 18 heavy (non-hydrogen) atoms. The average Bonchev–Trinajstić information content (AvgIpc) is 2.30. The van der Waals surface area contributed by atoms with Gasteiger partial charge in [-0.15, -0.1) is 0 Å². The van der Waals surface area contributed by atoms with Gasteiger partial charge in [0.1, 0.15) is 0 Å². The minimum Gasteiger partial charge on any atom is -0.383 e. The number of likely N-dealkylation sites (N-methyl/N-ethyl adjacent to an activating group) is 1. The summed E-state index contributed by atoms with van der Waals surface area (Å²) in [6.07, 6.45) is 1.19. The van der Waals surface area contributed by atoms with Gasteiger partial charge in [-0.2, -0.15) is 0 Å². The first-order chi connectivity index (χ1) is 8.36. The second-order valence-corrected chi connectivity index (χ2v) is 6.22. The van der Waals surface area contributed by atoms with Crippen molar-refractivity contribution < 1.29 is 4.74 Å². The molecule has 0 heterocycles. The Bertz CT molecular complexity index is 201. The summed E-state index contributed by atoms with van der Waals surface area (Å²) >= 11 is 0. The SMILES string of the molecule is CCNC(CN(CCOC)C(C)CC)C(C)(C)C. The summed E-state index contributed by atoms with van der Waals surface area (Å²) in [4.78, 5) is 2.54. The Balaban J connectivity index is 4.58. The molecule has 0 aromatic heterocycles. The van der Waals surface area contributed by atoms with Crippen LogP contribution < -0.4 is 5.32 Å². The number of methoxy groups -OCH3 is 1. The molecule has 0 spiro atoms. The number of hydrogen-bond acceptors (Lipinski definition) is 3. The van der Waals surface area contributed by atoms with Crippen molar-refractivity contribution in [2.75, 3.05) is 33.4 Å². The van der Waals surface area contributed by atoms with Gasteiger partial charge in [0, 0.05) is 32.3 Å². The fourth-order valence-electron chi connectivity index (χ4n) is 2.08. The molecule has 3 heteroatoms. The average molecular weight is 258 g/mol. The van der Waals surface area contributed by atoms with Gasteiger partial charge < -0.3 is 10.1 Å². The van der Waals surface area contributed by atoms with E-state index in [0.29, 0.717) is 12.1 Å². The van der Waals surface area contributed by atoms with Crippen molar-refractivity contribution in [3.05, 3.63) is 0 Å². The van der Waals surface area contributed by atoms with Gasteiger partial charge in [0.15, 0.2) is 0 Å². The largest absolute Gasteiger partial charge is 0.383 e. The van der Waals surface area contributed by atoms with Crippen molar-refractivity contribution >= 4 is 0 Å². The van der Waals surface area contributed by atoms with Crippen LogP contribution in [0.5, 0.6) is 0 Å². The zero-order chi connectivity index (χ0) is 14.2. The lowest BCUT2D eigenvalue weighted by molar-refractivity contribution is 0.0959. The van der Waals surface area contributed by atoms with Crippen LogP contribution in [-0.2, 0) is 4.74 Å². The van der Waals surface area contributed by atoms with Gasteiger partial charge >= 0.3 is 0 Å². The van der Waals surface area contributed by atoms with Crippen molar-refractivity contribution in [3.63, 3.8) is 0 Å². The highest BCUT2D eigenvalue weighted by Gasteiger charge is 2.27. The number of nitrogens with zero attached hydrogens (tertiary/aromatic N) is 1. The number of nitrogens with one attached hydrogen (secondary N) is 1. The summed E-state index contributed by atoms with van der Waals surface area (Å²) in [7, 11) is 1.78. The van der Waals surface area contributed by atoms with E-state index in [2.05, 4.69) is 51.8 Å². The van der Waals surface area contributed by atoms with Crippen molar-refractivity contribution in [2.24, 2.45) is 5.41 Å². The first-order valence-electron chi connectivity index (χ1n) is 7.33. The topological polar surface area (TPSA) is 24.5 Å². The molecule has 0 aliphatic rings. The highest BCUT2D eigenvalue weighted by Crippen LogP contribution is 2.21. The van der Waals surface area contributed by atoms with Gasteiger partial charge in [0.2, 0.25) is 0 Å². The molecule has 0 bridgehead atoms. The Morgan fingerprint density at radius 1 is 1.22 bits per heavy atom. The van der Waals surface area contributed by atoms with Crippen LogP contribution in [-0.4, -0.2) is 50.3 Å².